The first-order valence-electron chi connectivity index (χ1n) is 14.2. The van der Waals surface area contributed by atoms with E-state index >= 15 is 0 Å². The summed E-state index contributed by atoms with van der Waals surface area (Å²) in [6.45, 7) is 5.65. The Morgan fingerprint density at radius 2 is 1.71 bits per heavy atom. The number of carboxylic acids is 1. The van der Waals surface area contributed by atoms with Gasteiger partial charge in [0.1, 0.15) is 5.75 Å². The van der Waals surface area contributed by atoms with Gasteiger partial charge in [-0.25, -0.2) is 9.79 Å². The maximum atomic E-state index is 14.2. The molecule has 0 unspecified atom stereocenters. The van der Waals surface area contributed by atoms with Gasteiger partial charge in [0.2, 0.25) is 0 Å². The number of rotatable bonds is 7. The van der Waals surface area contributed by atoms with Gasteiger partial charge in [0.15, 0.2) is 4.80 Å². The van der Waals surface area contributed by atoms with Crippen LogP contribution in [0.3, 0.4) is 0 Å². The summed E-state index contributed by atoms with van der Waals surface area (Å²) in [7, 11) is 1.58. The van der Waals surface area contributed by atoms with Gasteiger partial charge >= 0.3 is 5.97 Å². The number of nitrogens with one attached hydrogen (secondary N) is 1. The number of fused-ring (bicyclic) bond motifs is 1. The SMILES string of the molecule is COc1ccc([C@@H]2C(C(=O)Nc3ccccc3)=C(C)N=c3s/c(=C/c4cc(C)n(-c5cccc(C(=O)O)c5)c4C)c(=O)n32)cc1. The molecular weight excluding hydrogens is 588 g/mol. The predicted octanol–water partition coefficient (Wildman–Crippen LogP) is 4.99. The number of allylic oxidation sites excluding steroid dienone is 1. The molecule has 0 fully saturated rings. The van der Waals surface area contributed by atoms with E-state index < -0.39 is 12.0 Å². The highest BCUT2D eigenvalue weighted by molar-refractivity contribution is 7.07. The zero-order chi connectivity index (χ0) is 31.8. The summed E-state index contributed by atoms with van der Waals surface area (Å²) in [5.41, 5.74) is 5.48. The number of thiazole rings is 1. The van der Waals surface area contributed by atoms with Crippen molar-refractivity contribution in [2.24, 2.45) is 4.99 Å². The number of carbonyl (C=O) groups is 2. The first-order chi connectivity index (χ1) is 21.7. The number of hydrogen-bond acceptors (Lipinski definition) is 6. The minimum Gasteiger partial charge on any atom is -0.497 e. The van der Waals surface area contributed by atoms with Gasteiger partial charge in [-0.2, -0.15) is 0 Å². The third-order valence-corrected chi connectivity index (χ3v) is 8.82. The molecule has 0 radical (unpaired) electrons. The van der Waals surface area contributed by atoms with Gasteiger partial charge in [0.05, 0.1) is 34.5 Å². The lowest BCUT2D eigenvalue weighted by Gasteiger charge is -2.25. The van der Waals surface area contributed by atoms with Gasteiger partial charge in [-0.1, -0.05) is 47.7 Å². The van der Waals surface area contributed by atoms with Crippen LogP contribution in [0.4, 0.5) is 5.69 Å². The highest BCUT2D eigenvalue weighted by atomic mass is 32.1. The number of aryl methyl sites for hydroxylation is 1. The molecule has 0 spiro atoms. The van der Waals surface area contributed by atoms with Crippen molar-refractivity contribution in [3.05, 3.63) is 144 Å². The Morgan fingerprint density at radius 3 is 2.40 bits per heavy atom. The fourth-order valence-corrected chi connectivity index (χ4v) is 6.72. The number of benzene rings is 3. The topological polar surface area (TPSA) is 115 Å². The van der Waals surface area contributed by atoms with E-state index in [4.69, 9.17) is 9.73 Å². The van der Waals surface area contributed by atoms with Crippen LogP contribution in [0.5, 0.6) is 5.75 Å². The smallest absolute Gasteiger partial charge is 0.335 e. The van der Waals surface area contributed by atoms with Crippen molar-refractivity contribution in [2.45, 2.75) is 26.8 Å². The summed E-state index contributed by atoms with van der Waals surface area (Å²) in [4.78, 5) is 44.8. The lowest BCUT2D eigenvalue weighted by molar-refractivity contribution is -0.113. The van der Waals surface area contributed by atoms with Crippen molar-refractivity contribution in [1.82, 2.24) is 9.13 Å². The van der Waals surface area contributed by atoms with Crippen molar-refractivity contribution in [3.63, 3.8) is 0 Å². The van der Waals surface area contributed by atoms with Crippen LogP contribution in [0.1, 0.15) is 45.8 Å². The van der Waals surface area contributed by atoms with Crippen molar-refractivity contribution >= 4 is 35.0 Å². The van der Waals surface area contributed by atoms with Crippen LogP contribution >= 0.6 is 11.3 Å². The molecule has 9 nitrogen and oxygen atoms in total. The standard InChI is InChI=1S/C35H30N4O5S/c1-20-17-25(22(3)38(20)27-12-8-9-24(18-27)34(42)43)19-29-33(41)39-31(23-13-15-28(44-4)16-14-23)30(21(2)36-35(39)45-29)32(40)37-26-10-6-5-7-11-26/h5-19,31H,1-4H3,(H,37,40)(H,42,43)/b29-19+/t31-/m1/s1. The third kappa shape index (κ3) is 5.51. The van der Waals surface area contributed by atoms with Crippen LogP contribution in [0.2, 0.25) is 0 Å². The van der Waals surface area contributed by atoms with Crippen LogP contribution in [-0.4, -0.2) is 33.2 Å². The largest absolute Gasteiger partial charge is 0.497 e. The molecule has 3 heterocycles. The molecule has 5 aromatic rings. The van der Waals surface area contributed by atoms with E-state index in [1.165, 1.54) is 11.3 Å². The van der Waals surface area contributed by atoms with Crippen molar-refractivity contribution < 1.29 is 19.4 Å². The lowest BCUT2D eigenvalue weighted by Crippen LogP contribution is -2.40. The predicted molar refractivity (Wildman–Crippen MR) is 174 cm³/mol. The summed E-state index contributed by atoms with van der Waals surface area (Å²) >= 11 is 1.26. The van der Waals surface area contributed by atoms with Gasteiger partial charge in [0, 0.05) is 22.8 Å². The molecule has 0 aliphatic carbocycles. The summed E-state index contributed by atoms with van der Waals surface area (Å²) in [5.74, 6) is -0.685. The van der Waals surface area contributed by atoms with Crippen LogP contribution < -0.4 is 24.9 Å². The Hall–Kier alpha value is -5.48. The molecule has 0 saturated carbocycles. The van der Waals surface area contributed by atoms with Gasteiger partial charge in [-0.15, -0.1) is 0 Å². The number of para-hydroxylation sites is 1. The number of aromatic carboxylic acids is 1. The number of aromatic nitrogens is 2. The molecule has 2 aromatic heterocycles. The molecule has 226 valence electrons. The van der Waals surface area contributed by atoms with Gasteiger partial charge < -0.3 is 19.7 Å². The van der Waals surface area contributed by atoms with Crippen molar-refractivity contribution in [2.75, 3.05) is 12.4 Å². The zero-order valence-electron chi connectivity index (χ0n) is 25.1. The molecule has 6 rings (SSSR count). The minimum atomic E-state index is -1.00. The molecule has 3 aromatic carbocycles. The second-order valence-corrected chi connectivity index (χ2v) is 11.7. The Morgan fingerprint density at radius 1 is 0.978 bits per heavy atom. The molecule has 10 heteroatoms. The van der Waals surface area contributed by atoms with Crippen LogP contribution in [0.15, 0.2) is 106 Å². The summed E-state index contributed by atoms with van der Waals surface area (Å²) in [6, 6.07) is 24.5. The normalized spacial score (nSPS) is 14.6. The molecule has 1 amide bonds. The molecular formula is C35H30N4O5S. The lowest BCUT2D eigenvalue weighted by atomic mass is 9.95. The first-order valence-corrected chi connectivity index (χ1v) is 15.0. The Labute approximate surface area is 262 Å². The van der Waals surface area contributed by atoms with Crippen LogP contribution in [-0.2, 0) is 4.79 Å². The average molecular weight is 619 g/mol. The number of carbonyl (C=O) groups excluding carboxylic acids is 1. The average Bonchev–Trinajstić information content (AvgIpc) is 3.49. The minimum absolute atomic E-state index is 0.191. The monoisotopic (exact) mass is 618 g/mol. The maximum Gasteiger partial charge on any atom is 0.335 e. The number of hydrogen-bond donors (Lipinski definition) is 2. The Bertz CT molecular complexity index is 2170. The molecule has 0 bridgehead atoms. The van der Waals surface area contributed by atoms with E-state index in [0.29, 0.717) is 32.0 Å². The number of methoxy groups -OCH3 is 1. The van der Waals surface area contributed by atoms with Gasteiger partial charge in [-0.3, -0.25) is 14.2 Å². The molecule has 1 atom stereocenters. The fraction of sp³-hybridized carbons (Fsp3) is 0.143. The molecule has 2 N–H and O–H groups in total. The second-order valence-electron chi connectivity index (χ2n) is 10.7. The van der Waals surface area contributed by atoms with Gasteiger partial charge in [0.25, 0.3) is 11.5 Å². The first kappa shape index (κ1) is 29.6. The van der Waals surface area contributed by atoms with Crippen molar-refractivity contribution in [3.8, 4) is 11.4 Å². The highest BCUT2D eigenvalue weighted by Gasteiger charge is 2.32. The number of ether oxygens (including phenoxy) is 1. The molecule has 1 aliphatic rings. The molecule has 1 aliphatic heterocycles. The van der Waals surface area contributed by atoms with Crippen LogP contribution in [0.25, 0.3) is 11.8 Å². The van der Waals surface area contributed by atoms with E-state index in [0.717, 1.165) is 28.2 Å². The van der Waals surface area contributed by atoms with E-state index in [1.54, 1.807) is 48.9 Å². The van der Waals surface area contributed by atoms with E-state index in [9.17, 15) is 19.5 Å². The van der Waals surface area contributed by atoms with Gasteiger partial charge in [-0.05, 0) is 86.5 Å². The summed E-state index contributed by atoms with van der Waals surface area (Å²) in [5, 5.41) is 12.4. The summed E-state index contributed by atoms with van der Waals surface area (Å²) in [6.07, 6.45) is 1.83. The number of anilines is 1. The van der Waals surface area contributed by atoms with E-state index in [1.807, 2.05) is 79.1 Å². The van der Waals surface area contributed by atoms with Crippen LogP contribution in [0, 0.1) is 13.8 Å². The van der Waals surface area contributed by atoms with E-state index in [2.05, 4.69) is 5.32 Å². The number of nitrogens with zero attached hydrogens (tertiary/aromatic N) is 3. The summed E-state index contributed by atoms with van der Waals surface area (Å²) < 4.78 is 9.37. The Balaban J connectivity index is 1.48. The number of amides is 1. The highest BCUT2D eigenvalue weighted by Crippen LogP contribution is 2.32. The second kappa shape index (κ2) is 11.9. The molecule has 0 saturated heterocycles. The third-order valence-electron chi connectivity index (χ3n) is 7.84. The zero-order valence-corrected chi connectivity index (χ0v) is 25.9. The van der Waals surface area contributed by atoms with Crippen molar-refractivity contribution in [1.29, 1.82) is 0 Å². The fourth-order valence-electron chi connectivity index (χ4n) is 5.68. The van der Waals surface area contributed by atoms with E-state index in [-0.39, 0.29) is 17.0 Å². The Kier molecular flexibility index (Phi) is 7.82. The quantitative estimate of drug-likeness (QED) is 0.267. The number of carboxylic acid groups (broad SMARTS) is 1. The molecule has 45 heavy (non-hydrogen) atoms. The maximum absolute atomic E-state index is 14.2.